The van der Waals surface area contributed by atoms with Crippen LogP contribution in [-0.2, 0) is 4.79 Å². The Kier molecular flexibility index (Phi) is 2.84. The summed E-state index contributed by atoms with van der Waals surface area (Å²) in [6, 6.07) is 11.9. The number of hydrogen-bond acceptors (Lipinski definition) is 2. The van der Waals surface area contributed by atoms with Gasteiger partial charge in [0.25, 0.3) is 5.91 Å². The second kappa shape index (κ2) is 4.37. The lowest BCUT2D eigenvalue weighted by molar-refractivity contribution is -0.112. The highest BCUT2D eigenvalue weighted by Gasteiger charge is 2.28. The molecule has 4 heteroatoms. The molecule has 1 aromatic heterocycles. The molecule has 0 N–H and O–H groups in total. The zero-order chi connectivity index (χ0) is 12.7. The van der Waals surface area contributed by atoms with Crippen LogP contribution in [0.25, 0.3) is 11.6 Å². The van der Waals surface area contributed by atoms with Crippen molar-refractivity contribution in [2.75, 3.05) is 11.9 Å². The third-order valence-corrected chi connectivity index (χ3v) is 4.54. The minimum atomic E-state index is 0.0562. The highest BCUT2D eigenvalue weighted by Crippen LogP contribution is 2.37. The Morgan fingerprint density at radius 3 is 2.72 bits per heavy atom. The van der Waals surface area contributed by atoms with Gasteiger partial charge in [0.1, 0.15) is 0 Å². The van der Waals surface area contributed by atoms with Gasteiger partial charge >= 0.3 is 0 Å². The van der Waals surface area contributed by atoms with Crippen molar-refractivity contribution in [3.63, 3.8) is 0 Å². The quantitative estimate of drug-likeness (QED) is 0.727. The summed E-state index contributed by atoms with van der Waals surface area (Å²) >= 11 is 5.06. The third-order valence-electron chi connectivity index (χ3n) is 2.97. The first-order chi connectivity index (χ1) is 8.66. The molecular weight excluding hydrogens is 310 g/mol. The summed E-state index contributed by atoms with van der Waals surface area (Å²) in [5, 5.41) is 0. The van der Waals surface area contributed by atoms with E-state index >= 15 is 0 Å². The van der Waals surface area contributed by atoms with Crippen LogP contribution in [0.4, 0.5) is 5.69 Å². The van der Waals surface area contributed by atoms with E-state index < -0.39 is 0 Å². The van der Waals surface area contributed by atoms with Crippen molar-refractivity contribution in [2.45, 2.75) is 0 Å². The predicted molar refractivity (Wildman–Crippen MR) is 79.7 cm³/mol. The number of carbonyl (C=O) groups excluding carboxylic acids is 1. The summed E-state index contributed by atoms with van der Waals surface area (Å²) in [6.45, 7) is 0. The van der Waals surface area contributed by atoms with Crippen LogP contribution in [0, 0.1) is 0 Å². The molecule has 2 nitrogen and oxygen atoms in total. The molecule has 1 aliphatic rings. The Balaban J connectivity index is 2.13. The van der Waals surface area contributed by atoms with E-state index in [-0.39, 0.29) is 5.91 Å². The van der Waals surface area contributed by atoms with Gasteiger partial charge in [-0.3, -0.25) is 4.79 Å². The minimum Gasteiger partial charge on any atom is -0.311 e. The highest BCUT2D eigenvalue weighted by molar-refractivity contribution is 9.11. The van der Waals surface area contributed by atoms with Gasteiger partial charge in [0.2, 0.25) is 0 Å². The van der Waals surface area contributed by atoms with Gasteiger partial charge in [-0.05, 0) is 40.2 Å². The summed E-state index contributed by atoms with van der Waals surface area (Å²) in [5.41, 5.74) is 2.75. The largest absolute Gasteiger partial charge is 0.311 e. The summed E-state index contributed by atoms with van der Waals surface area (Å²) in [4.78, 5) is 15.0. The van der Waals surface area contributed by atoms with Gasteiger partial charge in [-0.15, -0.1) is 11.3 Å². The summed E-state index contributed by atoms with van der Waals surface area (Å²) in [5.74, 6) is 0.0562. The van der Waals surface area contributed by atoms with E-state index in [4.69, 9.17) is 0 Å². The van der Waals surface area contributed by atoms with Gasteiger partial charge in [0, 0.05) is 17.5 Å². The third kappa shape index (κ3) is 1.82. The first-order valence-electron chi connectivity index (χ1n) is 5.51. The Morgan fingerprint density at radius 2 is 2.00 bits per heavy atom. The number of nitrogens with zero attached hydrogens (tertiary/aromatic N) is 1. The maximum absolute atomic E-state index is 12.2. The van der Waals surface area contributed by atoms with Crippen LogP contribution in [0.3, 0.4) is 0 Å². The number of amides is 1. The fraction of sp³-hybridized carbons (Fsp3) is 0.0714. The van der Waals surface area contributed by atoms with Crippen molar-refractivity contribution in [2.24, 2.45) is 0 Å². The molecule has 0 saturated heterocycles. The van der Waals surface area contributed by atoms with Gasteiger partial charge in [0.15, 0.2) is 0 Å². The molecule has 2 heterocycles. The van der Waals surface area contributed by atoms with Gasteiger partial charge in [-0.25, -0.2) is 0 Å². The number of halogens is 1. The SMILES string of the molecule is CN1C(=O)C(=Cc2ccc(Br)s2)c2ccccc21. The molecule has 90 valence electrons. The maximum Gasteiger partial charge on any atom is 0.258 e. The number of anilines is 1. The lowest BCUT2D eigenvalue weighted by atomic mass is 10.1. The fourth-order valence-corrected chi connectivity index (χ4v) is 3.45. The number of rotatable bonds is 1. The van der Waals surface area contributed by atoms with E-state index in [0.717, 1.165) is 25.5 Å². The molecule has 1 amide bonds. The zero-order valence-corrected chi connectivity index (χ0v) is 12.1. The number of likely N-dealkylation sites (N-methyl/N-ethyl adjacent to an activating group) is 1. The number of hydrogen-bond donors (Lipinski definition) is 0. The van der Waals surface area contributed by atoms with Gasteiger partial charge in [0.05, 0.1) is 15.0 Å². The number of carbonyl (C=O) groups is 1. The Morgan fingerprint density at radius 1 is 1.22 bits per heavy atom. The van der Waals surface area contributed by atoms with Crippen molar-refractivity contribution in [1.82, 2.24) is 0 Å². The Hall–Kier alpha value is -1.39. The second-order valence-electron chi connectivity index (χ2n) is 4.08. The summed E-state index contributed by atoms with van der Waals surface area (Å²) < 4.78 is 1.07. The van der Waals surface area contributed by atoms with E-state index in [2.05, 4.69) is 15.9 Å². The van der Waals surface area contributed by atoms with Crippen LogP contribution < -0.4 is 4.90 Å². The fourth-order valence-electron chi connectivity index (χ4n) is 2.09. The van der Waals surface area contributed by atoms with Gasteiger partial charge in [-0.2, -0.15) is 0 Å². The molecule has 2 aromatic rings. The molecule has 0 radical (unpaired) electrons. The normalized spacial score (nSPS) is 16.4. The van der Waals surface area contributed by atoms with Crippen LogP contribution in [0.1, 0.15) is 10.4 Å². The molecule has 0 aliphatic carbocycles. The van der Waals surface area contributed by atoms with Crippen LogP contribution >= 0.6 is 27.3 Å². The maximum atomic E-state index is 12.2. The molecule has 1 aromatic carbocycles. The highest BCUT2D eigenvalue weighted by atomic mass is 79.9. The van der Waals surface area contributed by atoms with Crippen molar-refractivity contribution >= 4 is 50.5 Å². The van der Waals surface area contributed by atoms with Crippen molar-refractivity contribution in [3.05, 3.63) is 50.6 Å². The van der Waals surface area contributed by atoms with Crippen LogP contribution in [0.2, 0.25) is 0 Å². The van der Waals surface area contributed by atoms with Crippen LogP contribution in [0.5, 0.6) is 0 Å². The molecule has 0 fully saturated rings. The lowest BCUT2D eigenvalue weighted by Gasteiger charge is -2.07. The summed E-state index contributed by atoms with van der Waals surface area (Å²) in [7, 11) is 1.81. The smallest absolute Gasteiger partial charge is 0.258 e. The van der Waals surface area contributed by atoms with E-state index in [1.165, 1.54) is 0 Å². The van der Waals surface area contributed by atoms with E-state index in [1.807, 2.05) is 49.5 Å². The van der Waals surface area contributed by atoms with Crippen molar-refractivity contribution < 1.29 is 4.79 Å². The average molecular weight is 320 g/mol. The average Bonchev–Trinajstić information content (AvgIpc) is 2.88. The Bertz CT molecular complexity index is 659. The van der Waals surface area contributed by atoms with E-state index in [0.29, 0.717) is 0 Å². The van der Waals surface area contributed by atoms with Gasteiger partial charge in [-0.1, -0.05) is 18.2 Å². The first-order valence-corrected chi connectivity index (χ1v) is 7.12. The number of benzene rings is 1. The molecule has 0 atom stereocenters. The van der Waals surface area contributed by atoms with Crippen molar-refractivity contribution in [3.8, 4) is 0 Å². The second-order valence-corrected chi connectivity index (χ2v) is 6.58. The molecule has 3 rings (SSSR count). The van der Waals surface area contributed by atoms with Crippen molar-refractivity contribution in [1.29, 1.82) is 0 Å². The molecule has 0 spiro atoms. The Labute approximate surface area is 118 Å². The monoisotopic (exact) mass is 319 g/mol. The topological polar surface area (TPSA) is 20.3 Å². The number of para-hydroxylation sites is 1. The lowest BCUT2D eigenvalue weighted by Crippen LogP contribution is -2.20. The van der Waals surface area contributed by atoms with E-state index in [9.17, 15) is 4.79 Å². The first kappa shape index (κ1) is 11.7. The predicted octanol–water partition coefficient (Wildman–Crippen LogP) is 4.03. The molecular formula is C14H10BrNOS. The summed E-state index contributed by atoms with van der Waals surface area (Å²) in [6.07, 6.45) is 1.96. The van der Waals surface area contributed by atoms with Crippen LogP contribution in [0.15, 0.2) is 40.2 Å². The van der Waals surface area contributed by atoms with E-state index in [1.54, 1.807) is 16.2 Å². The van der Waals surface area contributed by atoms with Gasteiger partial charge < -0.3 is 4.90 Å². The zero-order valence-electron chi connectivity index (χ0n) is 9.68. The molecule has 1 aliphatic heterocycles. The molecule has 0 saturated carbocycles. The molecule has 0 bridgehead atoms. The molecule has 18 heavy (non-hydrogen) atoms. The number of thiophene rings is 1. The van der Waals surface area contributed by atoms with Crippen LogP contribution in [-0.4, -0.2) is 13.0 Å². The molecule has 0 unspecified atom stereocenters. The standard InChI is InChI=1S/C14H10BrNOS/c1-16-12-5-3-2-4-10(12)11(14(16)17)8-9-6-7-13(15)18-9/h2-8H,1H3. The minimum absolute atomic E-state index is 0.0562. The number of fused-ring (bicyclic) bond motifs is 1.